The molecule has 29 heavy (non-hydrogen) atoms. The Labute approximate surface area is 176 Å². The first kappa shape index (κ1) is 20.9. The van der Waals surface area contributed by atoms with Crippen LogP contribution < -0.4 is 5.32 Å². The minimum atomic E-state index is -5.71. The van der Waals surface area contributed by atoms with Crippen molar-refractivity contribution in [3.8, 4) is 0 Å². The van der Waals surface area contributed by atoms with Gasteiger partial charge in [0, 0.05) is 39.1 Å². The number of carbonyl (C=O) groups is 2. The molecule has 1 atom stereocenters. The molecule has 1 aliphatic heterocycles. The topological polar surface area (TPSA) is 107 Å². The lowest BCUT2D eigenvalue weighted by molar-refractivity contribution is -0.128. The number of hydrogen-bond donors (Lipinski definition) is 3. The van der Waals surface area contributed by atoms with E-state index in [1.54, 1.807) is 4.90 Å². The molecule has 1 aliphatic carbocycles. The third-order valence-corrected chi connectivity index (χ3v) is 8.44. The van der Waals surface area contributed by atoms with Crippen molar-refractivity contribution in [1.29, 1.82) is 0 Å². The highest BCUT2D eigenvalue weighted by Gasteiger charge is 2.53. The Morgan fingerprint density at radius 1 is 1.34 bits per heavy atom. The molecule has 156 valence electrons. The van der Waals surface area contributed by atoms with Crippen molar-refractivity contribution < 1.29 is 32.7 Å². The fraction of sp³-hybridized carbons (Fsp3) is 0.412. The van der Waals surface area contributed by atoms with Crippen LogP contribution in [0.5, 0.6) is 0 Å². The van der Waals surface area contributed by atoms with Crippen LogP contribution in [0.1, 0.15) is 34.5 Å². The predicted octanol–water partition coefficient (Wildman–Crippen LogP) is 3.38. The van der Waals surface area contributed by atoms with E-state index in [2.05, 4.69) is 21.2 Å². The van der Waals surface area contributed by atoms with Crippen molar-refractivity contribution in [2.75, 3.05) is 6.54 Å². The number of carbonyl (C=O) groups excluding carboxylic acids is 2. The summed E-state index contributed by atoms with van der Waals surface area (Å²) in [6.07, 6.45) is 2.19. The Bertz CT molecular complexity index is 1070. The summed E-state index contributed by atoms with van der Waals surface area (Å²) in [6, 6.07) is 4.26. The average Bonchev–Trinajstić information content (AvgIpc) is 3.33. The number of amides is 2. The number of benzene rings is 1. The van der Waals surface area contributed by atoms with Crippen LogP contribution in [0.15, 0.2) is 22.7 Å². The Kier molecular flexibility index (Phi) is 5.10. The van der Waals surface area contributed by atoms with Crippen molar-refractivity contribution in [2.24, 2.45) is 0 Å². The van der Waals surface area contributed by atoms with E-state index in [-0.39, 0.29) is 39.8 Å². The van der Waals surface area contributed by atoms with Crippen LogP contribution in [0.4, 0.5) is 8.78 Å². The number of hydrogen-bond acceptors (Lipinski definition) is 4. The molecule has 3 N–H and O–H groups in total. The van der Waals surface area contributed by atoms with Crippen LogP contribution in [0, 0.1) is 0 Å². The molecular weight excluding hydrogens is 493 g/mol. The van der Waals surface area contributed by atoms with Gasteiger partial charge >= 0.3 is 13.3 Å². The molecule has 7 nitrogen and oxygen atoms in total. The lowest BCUT2D eigenvalue weighted by Gasteiger charge is -2.16. The summed E-state index contributed by atoms with van der Waals surface area (Å²) in [7, 11) is -5.71. The van der Waals surface area contributed by atoms with E-state index in [0.29, 0.717) is 22.6 Å². The van der Waals surface area contributed by atoms with Gasteiger partial charge in [0.25, 0.3) is 5.91 Å². The molecule has 4 rings (SSSR count). The third-order valence-electron chi connectivity index (χ3n) is 5.01. The smallest absolute Gasteiger partial charge is 0.347 e. The van der Waals surface area contributed by atoms with Crippen molar-refractivity contribution >= 4 is 56.8 Å². The van der Waals surface area contributed by atoms with Gasteiger partial charge in [0.15, 0.2) is 0 Å². The molecule has 2 heterocycles. The number of nitrogens with zero attached hydrogens (tertiary/aromatic N) is 1. The summed E-state index contributed by atoms with van der Waals surface area (Å²) in [4.78, 5) is 43.6. The van der Waals surface area contributed by atoms with Crippen LogP contribution >= 0.6 is 34.9 Å². The highest BCUT2D eigenvalue weighted by Crippen LogP contribution is 2.62. The van der Waals surface area contributed by atoms with Gasteiger partial charge in [0.05, 0.1) is 6.04 Å². The maximum Gasteiger partial charge on any atom is 0.400 e. The van der Waals surface area contributed by atoms with Crippen LogP contribution in [0.25, 0.3) is 10.1 Å². The van der Waals surface area contributed by atoms with E-state index in [1.165, 1.54) is 18.2 Å². The van der Waals surface area contributed by atoms with Gasteiger partial charge in [0.2, 0.25) is 5.91 Å². The van der Waals surface area contributed by atoms with Crippen LogP contribution in [-0.4, -0.2) is 45.1 Å². The molecule has 1 saturated carbocycles. The van der Waals surface area contributed by atoms with Gasteiger partial charge in [0.1, 0.15) is 4.88 Å². The van der Waals surface area contributed by atoms with Crippen LogP contribution in [0.2, 0.25) is 0 Å². The Morgan fingerprint density at radius 2 is 2.03 bits per heavy atom. The first-order valence-electron chi connectivity index (χ1n) is 8.75. The van der Waals surface area contributed by atoms with Gasteiger partial charge in [-0.05, 0) is 47.0 Å². The number of fused-ring (bicyclic) bond motifs is 1. The zero-order valence-electron chi connectivity index (χ0n) is 14.8. The molecule has 1 aromatic carbocycles. The number of thiophene rings is 1. The summed E-state index contributed by atoms with van der Waals surface area (Å²) >= 11 is 3.54. The zero-order valence-corrected chi connectivity index (χ0v) is 18.1. The van der Waals surface area contributed by atoms with E-state index in [1.807, 2.05) is 0 Å². The van der Waals surface area contributed by atoms with E-state index in [0.717, 1.165) is 12.8 Å². The summed E-state index contributed by atoms with van der Waals surface area (Å²) in [5.74, 6) is -0.429. The van der Waals surface area contributed by atoms with Gasteiger partial charge in [-0.25, -0.2) is 0 Å². The molecule has 2 fully saturated rings. The molecule has 2 aromatic rings. The standard InChI is InChI=1S/C17H16BrF2N2O5PS/c18-14-11-5-8(1-4-12(11)29-15(14)17(19,20)28(25,26)27)16(24)21-9-6-13(23)22(7-9)10-2-3-10/h1,4-5,9-10H,2-3,6-7H2,(H,21,24)(H2,25,26,27)/t9-/m0/s1. The first-order chi connectivity index (χ1) is 13.5. The van der Waals surface area contributed by atoms with Crippen molar-refractivity contribution in [3.05, 3.63) is 33.1 Å². The minimum Gasteiger partial charge on any atom is -0.347 e. The molecular formula is C17H16BrF2N2O5PS. The zero-order chi connectivity index (χ0) is 21.1. The lowest BCUT2D eigenvalue weighted by Crippen LogP contribution is -2.37. The second kappa shape index (κ2) is 7.09. The first-order valence-corrected chi connectivity index (χ1v) is 12.0. The molecule has 0 bridgehead atoms. The predicted molar refractivity (Wildman–Crippen MR) is 106 cm³/mol. The van der Waals surface area contributed by atoms with E-state index < -0.39 is 24.0 Å². The molecule has 1 aromatic heterocycles. The second-order valence-electron chi connectivity index (χ2n) is 7.19. The fourth-order valence-electron chi connectivity index (χ4n) is 3.37. The molecule has 2 amide bonds. The summed E-state index contributed by atoms with van der Waals surface area (Å²) in [6.45, 7) is 0.457. The van der Waals surface area contributed by atoms with Crippen LogP contribution in [0.3, 0.4) is 0 Å². The van der Waals surface area contributed by atoms with Crippen LogP contribution in [-0.2, 0) is 15.0 Å². The van der Waals surface area contributed by atoms with Gasteiger partial charge in [-0.3, -0.25) is 14.2 Å². The lowest BCUT2D eigenvalue weighted by atomic mass is 10.1. The summed E-state index contributed by atoms with van der Waals surface area (Å²) in [5, 5.41) is 3.05. The third kappa shape index (κ3) is 3.74. The quantitative estimate of drug-likeness (QED) is 0.536. The molecule has 12 heteroatoms. The Morgan fingerprint density at radius 3 is 2.66 bits per heavy atom. The SMILES string of the molecule is O=C(N[C@H]1CC(=O)N(C2CC2)C1)c1ccc2sc(C(F)(F)P(=O)(O)O)c(Br)c2c1. The maximum atomic E-state index is 14.1. The van der Waals surface area contributed by atoms with Crippen molar-refractivity contribution in [1.82, 2.24) is 10.2 Å². The van der Waals surface area contributed by atoms with Gasteiger partial charge in [-0.2, -0.15) is 8.78 Å². The molecule has 0 radical (unpaired) electrons. The Balaban J connectivity index is 1.57. The normalized spacial score (nSPS) is 20.5. The van der Waals surface area contributed by atoms with Gasteiger partial charge < -0.3 is 20.0 Å². The van der Waals surface area contributed by atoms with Gasteiger partial charge in [-0.15, -0.1) is 11.3 Å². The number of rotatable bonds is 5. The van der Waals surface area contributed by atoms with Crippen molar-refractivity contribution in [3.63, 3.8) is 0 Å². The highest BCUT2D eigenvalue weighted by atomic mass is 79.9. The largest absolute Gasteiger partial charge is 0.400 e. The molecule has 0 spiro atoms. The summed E-state index contributed by atoms with van der Waals surface area (Å²) < 4.78 is 39.7. The molecule has 0 unspecified atom stereocenters. The van der Waals surface area contributed by atoms with Gasteiger partial charge in [-0.1, -0.05) is 0 Å². The fourth-order valence-corrected chi connectivity index (χ4v) is 6.29. The Hall–Kier alpha value is -1.39. The number of alkyl halides is 2. The maximum absolute atomic E-state index is 14.1. The van der Waals surface area contributed by atoms with E-state index >= 15 is 0 Å². The number of likely N-dealkylation sites (tertiary alicyclic amines) is 1. The minimum absolute atomic E-state index is 0.0122. The molecule has 1 saturated heterocycles. The molecule has 2 aliphatic rings. The second-order valence-corrected chi connectivity index (χ2v) is 10.7. The van der Waals surface area contributed by atoms with E-state index in [4.69, 9.17) is 9.79 Å². The van der Waals surface area contributed by atoms with Crippen molar-refractivity contribution in [2.45, 2.75) is 37.0 Å². The van der Waals surface area contributed by atoms with E-state index in [9.17, 15) is 22.9 Å². The average molecular weight is 509 g/mol. The monoisotopic (exact) mass is 508 g/mol. The highest BCUT2D eigenvalue weighted by molar-refractivity contribution is 9.10. The number of nitrogens with one attached hydrogen (secondary N) is 1. The number of halogens is 3. The summed E-state index contributed by atoms with van der Waals surface area (Å²) in [5.41, 5.74) is -4.13.